The summed E-state index contributed by atoms with van der Waals surface area (Å²) in [5, 5.41) is 9.55. The molecule has 2 aliphatic rings. The second kappa shape index (κ2) is 6.57. The van der Waals surface area contributed by atoms with E-state index in [1.54, 1.807) is 6.07 Å². The Bertz CT molecular complexity index is 1070. The van der Waals surface area contributed by atoms with Crippen molar-refractivity contribution >= 4 is 17.4 Å². The lowest BCUT2D eigenvalue weighted by atomic mass is 9.69. The van der Waals surface area contributed by atoms with Gasteiger partial charge in [0.1, 0.15) is 5.75 Å². The van der Waals surface area contributed by atoms with E-state index in [0.717, 1.165) is 11.1 Å². The number of carbonyl (C=O) groups is 1. The van der Waals surface area contributed by atoms with Crippen molar-refractivity contribution in [2.75, 3.05) is 6.54 Å². The number of rotatable bonds is 2. The van der Waals surface area contributed by atoms with Crippen molar-refractivity contribution in [3.8, 4) is 5.75 Å². The number of azo groups is 1. The average molecular weight is 389 g/mol. The Morgan fingerprint density at radius 1 is 0.893 bits per heavy atom. The van der Waals surface area contributed by atoms with Crippen molar-refractivity contribution in [1.82, 2.24) is 0 Å². The summed E-state index contributed by atoms with van der Waals surface area (Å²) in [6, 6.07) is 24.7. The Morgan fingerprint density at radius 3 is 2.39 bits per heavy atom. The van der Waals surface area contributed by atoms with Gasteiger partial charge in [-0.3, -0.25) is 4.79 Å². The Balaban J connectivity index is 1.72. The third kappa shape index (κ3) is 2.49. The van der Waals surface area contributed by atoms with E-state index >= 15 is 0 Å². The fourth-order valence-electron chi connectivity index (χ4n) is 4.20. The molecule has 138 valence electrons. The van der Waals surface area contributed by atoms with Gasteiger partial charge < -0.3 is 4.74 Å². The van der Waals surface area contributed by atoms with Crippen molar-refractivity contribution in [2.45, 2.75) is 17.6 Å². The number of ketones is 1. The highest BCUT2D eigenvalue weighted by Gasteiger charge is 2.60. The highest BCUT2D eigenvalue weighted by atomic mass is 35.5. The number of benzene rings is 3. The summed E-state index contributed by atoms with van der Waals surface area (Å²) in [5.74, 6) is 0.309. The Morgan fingerprint density at radius 2 is 1.61 bits per heavy atom. The molecule has 1 spiro atoms. The van der Waals surface area contributed by atoms with Crippen molar-refractivity contribution in [3.63, 3.8) is 0 Å². The standard InChI is InChI=1S/C23H17ClN2O2/c24-17-12-10-15(11-13-17)19-14-25-26-23(19)21(27)18-8-4-5-9-20(18)28-22(23)16-6-2-1-3-7-16/h1-13,19,22H,14H2/t19-,22+,23-/m0/s1. The molecule has 0 amide bonds. The maximum Gasteiger partial charge on any atom is 0.200 e. The van der Waals surface area contributed by atoms with E-state index in [1.165, 1.54) is 0 Å². The van der Waals surface area contributed by atoms with Crippen LogP contribution in [0.2, 0.25) is 5.02 Å². The van der Waals surface area contributed by atoms with Crippen LogP contribution in [0.15, 0.2) is 89.1 Å². The van der Waals surface area contributed by atoms with E-state index < -0.39 is 11.6 Å². The molecule has 3 atom stereocenters. The van der Waals surface area contributed by atoms with Gasteiger partial charge in [0.25, 0.3) is 0 Å². The molecule has 5 rings (SSSR count). The van der Waals surface area contributed by atoms with Gasteiger partial charge in [0.05, 0.1) is 12.1 Å². The van der Waals surface area contributed by atoms with Gasteiger partial charge in [0.15, 0.2) is 11.6 Å². The Kier molecular flexibility index (Phi) is 4.02. The summed E-state index contributed by atoms with van der Waals surface area (Å²) in [5.41, 5.74) is 1.30. The molecular weight excluding hydrogens is 372 g/mol. The van der Waals surface area contributed by atoms with Crippen LogP contribution in [0.25, 0.3) is 0 Å². The smallest absolute Gasteiger partial charge is 0.200 e. The first-order valence-electron chi connectivity index (χ1n) is 9.20. The molecule has 2 aliphatic heterocycles. The van der Waals surface area contributed by atoms with Gasteiger partial charge in [-0.25, -0.2) is 0 Å². The first-order chi connectivity index (χ1) is 13.7. The van der Waals surface area contributed by atoms with E-state index in [2.05, 4.69) is 10.2 Å². The summed E-state index contributed by atoms with van der Waals surface area (Å²) >= 11 is 6.08. The predicted molar refractivity (Wildman–Crippen MR) is 107 cm³/mol. The lowest BCUT2D eigenvalue weighted by Gasteiger charge is -2.41. The molecule has 4 nitrogen and oxygen atoms in total. The van der Waals surface area contributed by atoms with Crippen LogP contribution >= 0.6 is 11.6 Å². The van der Waals surface area contributed by atoms with Crippen LogP contribution in [0.5, 0.6) is 5.75 Å². The lowest BCUT2D eigenvalue weighted by molar-refractivity contribution is 0.0521. The summed E-state index contributed by atoms with van der Waals surface area (Å²) in [7, 11) is 0. The van der Waals surface area contributed by atoms with Crippen LogP contribution in [0, 0.1) is 0 Å². The fraction of sp³-hybridized carbons (Fsp3) is 0.174. The van der Waals surface area contributed by atoms with Crippen molar-refractivity contribution < 1.29 is 9.53 Å². The molecular formula is C23H17ClN2O2. The van der Waals surface area contributed by atoms with E-state index in [4.69, 9.17) is 16.3 Å². The molecule has 0 saturated carbocycles. The van der Waals surface area contributed by atoms with E-state index in [0.29, 0.717) is 22.9 Å². The van der Waals surface area contributed by atoms with Crippen LogP contribution in [0.4, 0.5) is 0 Å². The molecule has 0 unspecified atom stereocenters. The van der Waals surface area contributed by atoms with Gasteiger partial charge in [-0.15, -0.1) is 0 Å². The number of nitrogens with zero attached hydrogens (tertiary/aromatic N) is 2. The molecule has 0 aliphatic carbocycles. The van der Waals surface area contributed by atoms with Gasteiger partial charge in [0.2, 0.25) is 5.78 Å². The Labute approximate surface area is 167 Å². The predicted octanol–water partition coefficient (Wildman–Crippen LogP) is 5.64. The highest BCUT2D eigenvalue weighted by molar-refractivity contribution is 6.30. The number of halogens is 1. The van der Waals surface area contributed by atoms with Crippen molar-refractivity contribution in [2.24, 2.45) is 10.2 Å². The molecule has 0 N–H and O–H groups in total. The second-order valence-electron chi connectivity index (χ2n) is 7.09. The molecule has 3 aromatic carbocycles. The first-order valence-corrected chi connectivity index (χ1v) is 9.57. The minimum absolute atomic E-state index is 0.0515. The van der Waals surface area contributed by atoms with Crippen LogP contribution in [-0.4, -0.2) is 17.9 Å². The minimum Gasteiger partial charge on any atom is -0.482 e. The molecule has 3 aromatic rings. The van der Waals surface area contributed by atoms with Gasteiger partial charge >= 0.3 is 0 Å². The van der Waals surface area contributed by atoms with Crippen molar-refractivity contribution in [3.05, 3.63) is 101 Å². The lowest BCUT2D eigenvalue weighted by Crippen LogP contribution is -2.51. The van der Waals surface area contributed by atoms with Gasteiger partial charge in [0, 0.05) is 10.9 Å². The number of carbonyl (C=O) groups excluding carboxylic acids is 1. The summed E-state index contributed by atoms with van der Waals surface area (Å²) < 4.78 is 6.40. The fourth-order valence-corrected chi connectivity index (χ4v) is 4.33. The van der Waals surface area contributed by atoms with Crippen LogP contribution in [0.3, 0.4) is 0 Å². The molecule has 5 heteroatoms. The summed E-state index contributed by atoms with van der Waals surface area (Å²) in [4.78, 5) is 13.8. The molecule has 0 saturated heterocycles. The minimum atomic E-state index is -1.14. The maximum absolute atomic E-state index is 13.8. The number of para-hydroxylation sites is 1. The SMILES string of the molecule is O=C1c2ccccc2O[C@H](c2ccccc2)[C@@]12N=NC[C@H]2c1ccc(Cl)cc1. The van der Waals surface area contributed by atoms with Crippen LogP contribution in [0.1, 0.15) is 33.5 Å². The van der Waals surface area contributed by atoms with Gasteiger partial charge in [-0.05, 0) is 35.4 Å². The van der Waals surface area contributed by atoms with Crippen LogP contribution < -0.4 is 4.74 Å². The summed E-state index contributed by atoms with van der Waals surface area (Å²) in [6.07, 6.45) is -0.553. The molecule has 2 heterocycles. The van der Waals surface area contributed by atoms with E-state index in [9.17, 15) is 4.79 Å². The largest absolute Gasteiger partial charge is 0.482 e. The number of fused-ring (bicyclic) bond motifs is 1. The zero-order valence-electron chi connectivity index (χ0n) is 15.0. The molecule has 0 aromatic heterocycles. The molecule has 0 fully saturated rings. The second-order valence-corrected chi connectivity index (χ2v) is 7.52. The third-order valence-corrected chi connectivity index (χ3v) is 5.80. The summed E-state index contributed by atoms with van der Waals surface area (Å²) in [6.45, 7) is 0.433. The average Bonchev–Trinajstić information content (AvgIpc) is 3.17. The van der Waals surface area contributed by atoms with E-state index in [1.807, 2.05) is 72.8 Å². The monoisotopic (exact) mass is 388 g/mol. The zero-order chi connectivity index (χ0) is 19.1. The first kappa shape index (κ1) is 17.1. The molecule has 0 radical (unpaired) electrons. The van der Waals surface area contributed by atoms with Crippen LogP contribution in [-0.2, 0) is 0 Å². The Hall–Kier alpha value is -2.98. The zero-order valence-corrected chi connectivity index (χ0v) is 15.7. The maximum atomic E-state index is 13.8. The van der Waals surface area contributed by atoms with Crippen molar-refractivity contribution in [1.29, 1.82) is 0 Å². The highest BCUT2D eigenvalue weighted by Crippen LogP contribution is 2.52. The number of hydrogen-bond donors (Lipinski definition) is 0. The number of Topliss-reactive ketones (excluding diaryl/α,β-unsaturated/α-hetero) is 1. The van der Waals surface area contributed by atoms with Gasteiger partial charge in [-0.2, -0.15) is 10.2 Å². The molecule has 28 heavy (non-hydrogen) atoms. The third-order valence-electron chi connectivity index (χ3n) is 5.55. The van der Waals surface area contributed by atoms with E-state index in [-0.39, 0.29) is 11.7 Å². The quantitative estimate of drug-likeness (QED) is 0.570. The number of ether oxygens (including phenoxy) is 1. The topological polar surface area (TPSA) is 51.0 Å². The number of hydrogen-bond acceptors (Lipinski definition) is 4. The molecule has 0 bridgehead atoms. The normalized spacial score (nSPS) is 25.5. The van der Waals surface area contributed by atoms with Gasteiger partial charge in [-0.1, -0.05) is 66.2 Å².